The third kappa shape index (κ3) is 4.09. The van der Waals surface area contributed by atoms with E-state index in [4.69, 9.17) is 21.8 Å². The lowest BCUT2D eigenvalue weighted by atomic mass is 9.69. The van der Waals surface area contributed by atoms with Crippen molar-refractivity contribution in [3.63, 3.8) is 0 Å². The van der Waals surface area contributed by atoms with Crippen LogP contribution >= 0.6 is 23.4 Å². The van der Waals surface area contributed by atoms with Crippen molar-refractivity contribution >= 4 is 34.8 Å². The third-order valence-corrected chi connectivity index (χ3v) is 7.51. The fourth-order valence-corrected chi connectivity index (χ4v) is 5.76. The van der Waals surface area contributed by atoms with Gasteiger partial charge in [0.2, 0.25) is 0 Å². The number of hydrogen-bond donors (Lipinski definition) is 1. The highest BCUT2D eigenvalue weighted by Crippen LogP contribution is 2.52. The van der Waals surface area contributed by atoms with Gasteiger partial charge in [-0.2, -0.15) is 5.26 Å². The number of furan rings is 1. The van der Waals surface area contributed by atoms with E-state index in [2.05, 4.69) is 19.9 Å². The minimum Gasteiger partial charge on any atom is -0.455 e. The van der Waals surface area contributed by atoms with Crippen LogP contribution in [0.5, 0.6) is 0 Å². The van der Waals surface area contributed by atoms with E-state index in [1.165, 1.54) is 0 Å². The summed E-state index contributed by atoms with van der Waals surface area (Å²) in [6.45, 7) is 10.0. The minimum atomic E-state index is -0.544. The van der Waals surface area contributed by atoms with Crippen molar-refractivity contribution in [1.82, 2.24) is 0 Å². The normalized spacial score (nSPS) is 20.2. The number of hydrogen-bond acceptors (Lipinski definition) is 6. The topological polar surface area (TPSA) is 83.3 Å². The number of nitrogens with two attached hydrogens (primary N) is 1. The summed E-state index contributed by atoms with van der Waals surface area (Å²) in [5, 5.41) is 11.6. The number of carbonyl (C=O) groups excluding carboxylic acids is 1. The first-order valence-electron chi connectivity index (χ1n) is 11.0. The number of nitriles is 1. The highest BCUT2D eigenvalue weighted by molar-refractivity contribution is 7.99. The van der Waals surface area contributed by atoms with Crippen LogP contribution in [0.3, 0.4) is 0 Å². The standard InChI is InChI=1S/C26H28ClN3O2S/c1-6-33-25-17(9-15(3)32-25)22-18(13-28)24(29)30(16-8-7-14(2)19(27)10-16)20-11-26(4,5)12-21(31)23(20)22/h7-10,22H,6,11-12,29H2,1-5H3. The van der Waals surface area contributed by atoms with Gasteiger partial charge in [0, 0.05) is 34.0 Å². The van der Waals surface area contributed by atoms with Gasteiger partial charge in [-0.1, -0.05) is 50.2 Å². The molecule has 0 amide bonds. The van der Waals surface area contributed by atoms with Crippen LogP contribution in [0.1, 0.15) is 56.4 Å². The Morgan fingerprint density at radius 3 is 2.67 bits per heavy atom. The molecule has 0 bridgehead atoms. The van der Waals surface area contributed by atoms with Gasteiger partial charge in [0.05, 0.1) is 17.6 Å². The van der Waals surface area contributed by atoms with Crippen LogP contribution in [0.25, 0.3) is 0 Å². The maximum atomic E-state index is 13.6. The van der Waals surface area contributed by atoms with Gasteiger partial charge in [0.15, 0.2) is 10.9 Å². The Balaban J connectivity index is 2.01. The number of halogens is 1. The van der Waals surface area contributed by atoms with Crippen molar-refractivity contribution in [2.24, 2.45) is 11.1 Å². The van der Waals surface area contributed by atoms with Crippen LogP contribution in [0.4, 0.5) is 5.69 Å². The van der Waals surface area contributed by atoms with Crippen molar-refractivity contribution < 1.29 is 9.21 Å². The second-order valence-corrected chi connectivity index (χ2v) is 11.1. The van der Waals surface area contributed by atoms with E-state index in [1.807, 2.05) is 49.9 Å². The van der Waals surface area contributed by atoms with Crippen LogP contribution < -0.4 is 10.6 Å². The number of ketones is 1. The molecule has 2 aromatic rings. The zero-order valence-corrected chi connectivity index (χ0v) is 21.2. The molecule has 0 radical (unpaired) electrons. The zero-order chi connectivity index (χ0) is 24.1. The van der Waals surface area contributed by atoms with Crippen molar-refractivity contribution in [1.29, 1.82) is 5.26 Å². The fourth-order valence-electron chi connectivity index (χ4n) is 4.79. The van der Waals surface area contributed by atoms with Crippen LogP contribution in [-0.2, 0) is 4.79 Å². The highest BCUT2D eigenvalue weighted by atomic mass is 35.5. The van der Waals surface area contributed by atoms with Crippen molar-refractivity contribution in [3.8, 4) is 6.07 Å². The Hall–Kier alpha value is -2.62. The van der Waals surface area contributed by atoms with E-state index >= 15 is 0 Å². The summed E-state index contributed by atoms with van der Waals surface area (Å²) in [5.74, 6) is 1.39. The minimum absolute atomic E-state index is 0.0426. The van der Waals surface area contributed by atoms with Crippen molar-refractivity contribution in [2.45, 2.75) is 58.5 Å². The Bertz CT molecular complexity index is 1250. The lowest BCUT2D eigenvalue weighted by molar-refractivity contribution is -0.118. The lowest BCUT2D eigenvalue weighted by Crippen LogP contribution is -2.42. The van der Waals surface area contributed by atoms with E-state index in [0.29, 0.717) is 34.8 Å². The van der Waals surface area contributed by atoms with E-state index in [-0.39, 0.29) is 11.2 Å². The molecule has 1 aromatic heterocycles. The predicted molar refractivity (Wildman–Crippen MR) is 133 cm³/mol. The Morgan fingerprint density at radius 1 is 1.30 bits per heavy atom. The second-order valence-electron chi connectivity index (χ2n) is 9.45. The fraction of sp³-hybridized carbons (Fsp3) is 0.385. The largest absolute Gasteiger partial charge is 0.455 e. The molecule has 5 nitrogen and oxygen atoms in total. The number of benzene rings is 1. The van der Waals surface area contributed by atoms with Gasteiger partial charge in [-0.05, 0) is 55.2 Å². The Morgan fingerprint density at radius 2 is 2.03 bits per heavy atom. The smallest absolute Gasteiger partial charge is 0.164 e. The molecule has 2 aliphatic rings. The van der Waals surface area contributed by atoms with Crippen LogP contribution in [-0.4, -0.2) is 11.5 Å². The molecule has 1 atom stereocenters. The number of nitrogens with zero attached hydrogens (tertiary/aromatic N) is 2. The number of aryl methyl sites for hydroxylation is 2. The Kier molecular flexibility index (Phi) is 6.15. The molecule has 7 heteroatoms. The molecule has 0 saturated carbocycles. The summed E-state index contributed by atoms with van der Waals surface area (Å²) in [5.41, 5.74) is 10.8. The van der Waals surface area contributed by atoms with Crippen molar-refractivity contribution in [2.75, 3.05) is 10.7 Å². The molecule has 33 heavy (non-hydrogen) atoms. The van der Waals surface area contributed by atoms with Crippen LogP contribution in [0, 0.1) is 30.6 Å². The van der Waals surface area contributed by atoms with Gasteiger partial charge in [-0.15, -0.1) is 0 Å². The monoisotopic (exact) mass is 481 g/mol. The molecule has 0 spiro atoms. The molecule has 4 rings (SSSR count). The molecular weight excluding hydrogens is 454 g/mol. The summed E-state index contributed by atoms with van der Waals surface area (Å²) >= 11 is 8.01. The molecule has 0 saturated heterocycles. The van der Waals surface area contributed by atoms with Gasteiger partial charge in [0.25, 0.3) is 0 Å². The summed E-state index contributed by atoms with van der Waals surface area (Å²) in [4.78, 5) is 15.5. The number of carbonyl (C=O) groups is 1. The molecular formula is C26H28ClN3O2S. The number of allylic oxidation sites excluding steroid dienone is 3. The van der Waals surface area contributed by atoms with Crippen LogP contribution in [0.15, 0.2) is 56.4 Å². The number of rotatable bonds is 4. The maximum absolute atomic E-state index is 13.6. The molecule has 1 unspecified atom stereocenters. The van der Waals surface area contributed by atoms with Gasteiger partial charge in [0.1, 0.15) is 11.6 Å². The zero-order valence-electron chi connectivity index (χ0n) is 19.6. The maximum Gasteiger partial charge on any atom is 0.164 e. The quantitative estimate of drug-likeness (QED) is 0.495. The van der Waals surface area contributed by atoms with E-state index in [1.54, 1.807) is 11.8 Å². The van der Waals surface area contributed by atoms with E-state index < -0.39 is 5.92 Å². The first-order valence-corrected chi connectivity index (χ1v) is 12.4. The summed E-state index contributed by atoms with van der Waals surface area (Å²) in [6.07, 6.45) is 1.07. The summed E-state index contributed by atoms with van der Waals surface area (Å²) in [6, 6.07) is 9.96. The average Bonchev–Trinajstić information content (AvgIpc) is 3.08. The van der Waals surface area contributed by atoms with E-state index in [0.717, 1.165) is 39.1 Å². The molecule has 2 heterocycles. The third-order valence-electron chi connectivity index (χ3n) is 6.23. The number of Topliss-reactive ketones (excluding diaryl/α,β-unsaturated/α-hetero) is 1. The molecule has 1 aromatic carbocycles. The molecule has 1 aliphatic heterocycles. The van der Waals surface area contributed by atoms with Crippen LogP contribution in [0.2, 0.25) is 5.02 Å². The van der Waals surface area contributed by atoms with Gasteiger partial charge >= 0.3 is 0 Å². The lowest BCUT2D eigenvalue weighted by Gasteiger charge is -2.43. The van der Waals surface area contributed by atoms with Crippen molar-refractivity contribution in [3.05, 3.63) is 68.8 Å². The van der Waals surface area contributed by atoms with Gasteiger partial charge < -0.3 is 10.2 Å². The molecule has 1 aliphatic carbocycles. The second kappa shape index (κ2) is 8.62. The number of thioether (sulfide) groups is 1. The molecule has 2 N–H and O–H groups in total. The molecule has 0 fully saturated rings. The summed E-state index contributed by atoms with van der Waals surface area (Å²) in [7, 11) is 0. The number of anilines is 1. The summed E-state index contributed by atoms with van der Waals surface area (Å²) < 4.78 is 5.96. The predicted octanol–water partition coefficient (Wildman–Crippen LogP) is 6.60. The molecule has 172 valence electrons. The first kappa shape index (κ1) is 23.5. The SMILES string of the molecule is CCSc1oc(C)cc1C1C(C#N)=C(N)N(c2ccc(C)c(Cl)c2)C2=C1C(=O)CC(C)(C)C2. The average molecular weight is 482 g/mol. The van der Waals surface area contributed by atoms with E-state index in [9.17, 15) is 10.1 Å². The Labute approximate surface area is 204 Å². The van der Waals surface area contributed by atoms with Gasteiger partial charge in [-0.3, -0.25) is 9.69 Å². The first-order chi connectivity index (χ1) is 15.6. The van der Waals surface area contributed by atoms with Gasteiger partial charge in [-0.25, -0.2) is 0 Å². The highest BCUT2D eigenvalue weighted by Gasteiger charge is 2.45.